The topological polar surface area (TPSA) is 60.0 Å². The number of carbonyl (C=O) groups excluding carboxylic acids is 2. The molecule has 3 aliphatic heterocycles. The Bertz CT molecular complexity index is 719. The van der Waals surface area contributed by atoms with Crippen LogP contribution in [0.3, 0.4) is 0 Å². The third-order valence-corrected chi connectivity index (χ3v) is 6.64. The van der Waals surface area contributed by atoms with E-state index in [1.807, 2.05) is 42.1 Å². The average molecular weight is 386 g/mol. The minimum atomic E-state index is -0.443. The maximum absolute atomic E-state index is 13.3. The van der Waals surface area contributed by atoms with Crippen molar-refractivity contribution in [2.75, 3.05) is 58.3 Å². The molecular weight excluding hydrogens is 354 g/mol. The molecule has 3 aliphatic rings. The van der Waals surface area contributed by atoms with Crippen LogP contribution in [-0.2, 0) is 4.79 Å². The highest BCUT2D eigenvalue weighted by atomic mass is 16.2. The van der Waals surface area contributed by atoms with Gasteiger partial charge in [-0.25, -0.2) is 9.78 Å². The molecule has 0 bridgehead atoms. The standard InChI is InChI=1S/C21H31N5O2/c1-23(2)19(27)21-9-7-13-25(20(28)24-11-5-6-12-24)14-17(21)15-26(16-21)18-8-3-4-10-22-18/h3-4,8,10,17H,5-7,9,11-16H2,1-2H3/t17-,21-/m0/s1. The van der Waals surface area contributed by atoms with Crippen LogP contribution in [-0.4, -0.2) is 85.0 Å². The van der Waals surface area contributed by atoms with Crippen molar-refractivity contribution in [3.63, 3.8) is 0 Å². The van der Waals surface area contributed by atoms with Gasteiger partial charge in [0.05, 0.1) is 5.41 Å². The fourth-order valence-corrected chi connectivity index (χ4v) is 5.23. The number of anilines is 1. The molecule has 4 heterocycles. The molecule has 0 spiro atoms. The third-order valence-electron chi connectivity index (χ3n) is 6.64. The van der Waals surface area contributed by atoms with Gasteiger partial charge in [0.1, 0.15) is 5.82 Å². The Morgan fingerprint density at radius 1 is 1.07 bits per heavy atom. The van der Waals surface area contributed by atoms with Crippen LogP contribution in [0.15, 0.2) is 24.4 Å². The SMILES string of the molecule is CN(C)C(=O)[C@]12CCCN(C(=O)N3CCCC3)C[C@H]1CN(c1ccccn1)C2. The lowest BCUT2D eigenvalue weighted by Crippen LogP contribution is -2.49. The Balaban J connectivity index is 1.60. The number of aromatic nitrogens is 1. The molecule has 28 heavy (non-hydrogen) atoms. The van der Waals surface area contributed by atoms with E-state index >= 15 is 0 Å². The van der Waals surface area contributed by atoms with Gasteiger partial charge in [0, 0.05) is 65.5 Å². The van der Waals surface area contributed by atoms with E-state index in [4.69, 9.17) is 0 Å². The highest BCUT2D eigenvalue weighted by molar-refractivity contribution is 5.85. The van der Waals surface area contributed by atoms with E-state index < -0.39 is 5.41 Å². The van der Waals surface area contributed by atoms with Crippen LogP contribution in [0.25, 0.3) is 0 Å². The van der Waals surface area contributed by atoms with Crippen LogP contribution in [0.2, 0.25) is 0 Å². The first kappa shape index (κ1) is 19.0. The fourth-order valence-electron chi connectivity index (χ4n) is 5.23. The molecule has 0 unspecified atom stereocenters. The minimum absolute atomic E-state index is 0.124. The van der Waals surface area contributed by atoms with Crippen molar-refractivity contribution in [3.8, 4) is 0 Å². The Morgan fingerprint density at radius 3 is 2.50 bits per heavy atom. The fraction of sp³-hybridized carbons (Fsp3) is 0.667. The van der Waals surface area contributed by atoms with Crippen LogP contribution < -0.4 is 4.90 Å². The molecule has 152 valence electrons. The van der Waals surface area contributed by atoms with Gasteiger partial charge in [0.25, 0.3) is 0 Å². The molecule has 0 aliphatic carbocycles. The molecule has 3 saturated heterocycles. The van der Waals surface area contributed by atoms with Crippen molar-refractivity contribution in [2.24, 2.45) is 11.3 Å². The maximum atomic E-state index is 13.3. The summed E-state index contributed by atoms with van der Waals surface area (Å²) in [5, 5.41) is 0. The molecule has 1 aromatic heterocycles. The molecular formula is C21H31N5O2. The predicted octanol–water partition coefficient (Wildman–Crippen LogP) is 1.90. The summed E-state index contributed by atoms with van der Waals surface area (Å²) in [6.07, 6.45) is 5.68. The normalized spacial score (nSPS) is 27.5. The summed E-state index contributed by atoms with van der Waals surface area (Å²) in [5.74, 6) is 1.23. The molecule has 1 aromatic rings. The second-order valence-electron chi connectivity index (χ2n) is 8.65. The van der Waals surface area contributed by atoms with Gasteiger partial charge in [-0.1, -0.05) is 6.07 Å². The zero-order chi connectivity index (χ0) is 19.7. The molecule has 3 amide bonds. The molecule has 0 aromatic carbocycles. The molecule has 0 N–H and O–H groups in total. The summed E-state index contributed by atoms with van der Waals surface area (Å²) in [4.78, 5) is 38.8. The van der Waals surface area contributed by atoms with Gasteiger partial charge in [-0.2, -0.15) is 0 Å². The molecule has 7 heteroatoms. The van der Waals surface area contributed by atoms with Crippen molar-refractivity contribution in [3.05, 3.63) is 24.4 Å². The number of fused-ring (bicyclic) bond motifs is 1. The zero-order valence-corrected chi connectivity index (χ0v) is 17.0. The third kappa shape index (κ3) is 3.31. The van der Waals surface area contributed by atoms with Gasteiger partial charge in [-0.3, -0.25) is 4.79 Å². The molecule has 7 nitrogen and oxygen atoms in total. The number of rotatable bonds is 2. The van der Waals surface area contributed by atoms with Crippen LogP contribution in [0.4, 0.5) is 10.6 Å². The molecule has 4 rings (SSSR count). The number of urea groups is 1. The van der Waals surface area contributed by atoms with Crippen LogP contribution in [0, 0.1) is 11.3 Å². The van der Waals surface area contributed by atoms with Gasteiger partial charge in [-0.15, -0.1) is 0 Å². The van der Waals surface area contributed by atoms with Crippen LogP contribution >= 0.6 is 0 Å². The van der Waals surface area contributed by atoms with Gasteiger partial charge in [0.15, 0.2) is 0 Å². The Labute approximate surface area is 167 Å². The van der Waals surface area contributed by atoms with E-state index in [0.29, 0.717) is 13.1 Å². The van der Waals surface area contributed by atoms with E-state index in [1.165, 1.54) is 0 Å². The lowest BCUT2D eigenvalue weighted by Gasteiger charge is -2.35. The highest BCUT2D eigenvalue weighted by Crippen LogP contribution is 2.45. The summed E-state index contributed by atoms with van der Waals surface area (Å²) in [6, 6.07) is 6.06. The number of carbonyl (C=O) groups is 2. The van der Waals surface area contributed by atoms with Gasteiger partial charge >= 0.3 is 6.03 Å². The Hall–Kier alpha value is -2.31. The van der Waals surface area contributed by atoms with Crippen LogP contribution in [0.5, 0.6) is 0 Å². The van der Waals surface area contributed by atoms with Crippen LogP contribution in [0.1, 0.15) is 25.7 Å². The number of pyridine rings is 1. The van der Waals surface area contributed by atoms with E-state index in [9.17, 15) is 9.59 Å². The minimum Gasteiger partial charge on any atom is -0.355 e. The number of nitrogens with zero attached hydrogens (tertiary/aromatic N) is 5. The van der Waals surface area contributed by atoms with E-state index in [0.717, 1.165) is 57.7 Å². The second-order valence-corrected chi connectivity index (χ2v) is 8.65. The highest BCUT2D eigenvalue weighted by Gasteiger charge is 2.54. The number of amides is 3. The maximum Gasteiger partial charge on any atom is 0.320 e. The summed E-state index contributed by atoms with van der Waals surface area (Å²) in [5.41, 5.74) is -0.443. The van der Waals surface area contributed by atoms with Gasteiger partial charge in [0.2, 0.25) is 5.91 Å². The summed E-state index contributed by atoms with van der Waals surface area (Å²) >= 11 is 0. The molecule has 2 atom stereocenters. The lowest BCUT2D eigenvalue weighted by atomic mass is 9.74. The first-order valence-corrected chi connectivity index (χ1v) is 10.4. The second kappa shape index (κ2) is 7.60. The summed E-state index contributed by atoms with van der Waals surface area (Å²) < 4.78 is 0. The number of hydrogen-bond donors (Lipinski definition) is 0. The van der Waals surface area contributed by atoms with Gasteiger partial charge in [-0.05, 0) is 37.8 Å². The summed E-state index contributed by atoms with van der Waals surface area (Å²) in [7, 11) is 3.69. The quantitative estimate of drug-likeness (QED) is 0.780. The van der Waals surface area contributed by atoms with Crippen molar-refractivity contribution in [1.82, 2.24) is 19.7 Å². The van der Waals surface area contributed by atoms with Crippen molar-refractivity contribution >= 4 is 17.8 Å². The number of likely N-dealkylation sites (tertiary alicyclic amines) is 2. The molecule has 3 fully saturated rings. The first-order chi connectivity index (χ1) is 13.5. The predicted molar refractivity (Wildman–Crippen MR) is 108 cm³/mol. The van der Waals surface area contributed by atoms with Crippen molar-refractivity contribution in [1.29, 1.82) is 0 Å². The smallest absolute Gasteiger partial charge is 0.320 e. The average Bonchev–Trinajstić information content (AvgIpc) is 3.33. The lowest BCUT2D eigenvalue weighted by molar-refractivity contribution is -0.141. The summed E-state index contributed by atoms with van der Waals surface area (Å²) in [6.45, 7) is 4.57. The van der Waals surface area contributed by atoms with Crippen molar-refractivity contribution < 1.29 is 9.59 Å². The van der Waals surface area contributed by atoms with Gasteiger partial charge < -0.3 is 19.6 Å². The van der Waals surface area contributed by atoms with E-state index in [-0.39, 0.29) is 17.9 Å². The van der Waals surface area contributed by atoms with E-state index in [2.05, 4.69) is 9.88 Å². The van der Waals surface area contributed by atoms with Crippen molar-refractivity contribution in [2.45, 2.75) is 25.7 Å². The molecule has 0 radical (unpaired) electrons. The molecule has 0 saturated carbocycles. The zero-order valence-electron chi connectivity index (χ0n) is 17.0. The van der Waals surface area contributed by atoms with E-state index in [1.54, 1.807) is 11.1 Å². The Kier molecular flexibility index (Phi) is 5.17. The first-order valence-electron chi connectivity index (χ1n) is 10.4. The largest absolute Gasteiger partial charge is 0.355 e. The Morgan fingerprint density at radius 2 is 1.82 bits per heavy atom. The monoisotopic (exact) mass is 385 g/mol. The number of hydrogen-bond acceptors (Lipinski definition) is 4.